The van der Waals surface area contributed by atoms with Crippen molar-refractivity contribution in [2.75, 3.05) is 18.9 Å². The predicted octanol–water partition coefficient (Wildman–Crippen LogP) is 1.50. The van der Waals surface area contributed by atoms with Gasteiger partial charge in [-0.15, -0.1) is 0 Å². The van der Waals surface area contributed by atoms with Crippen molar-refractivity contribution in [2.24, 2.45) is 0 Å². The van der Waals surface area contributed by atoms with E-state index in [2.05, 4.69) is 19.8 Å². The highest BCUT2D eigenvalue weighted by Gasteiger charge is 2.22. The molecular formula is C17H21N5O5S. The molecule has 0 aliphatic heterocycles. The standard InChI is InChI=1S/C17H21N5O5S/c1-5-6-14-19-17-18-10(2)15(16(23)22(17)20-14)21-28(24,25)11-7-8-12(26-3)13(9-11)27-4/h7-9,21H,5-6H2,1-4H3,(H,18,19,20). The van der Waals surface area contributed by atoms with Gasteiger partial charge in [0.15, 0.2) is 11.5 Å². The van der Waals surface area contributed by atoms with Crippen molar-refractivity contribution in [1.82, 2.24) is 19.6 Å². The van der Waals surface area contributed by atoms with Crippen LogP contribution in [0, 0.1) is 6.92 Å². The average Bonchev–Trinajstić information content (AvgIpc) is 3.07. The molecule has 2 heterocycles. The maximum Gasteiger partial charge on any atom is 0.298 e. The third-order valence-electron chi connectivity index (χ3n) is 4.11. The molecular weight excluding hydrogens is 386 g/mol. The summed E-state index contributed by atoms with van der Waals surface area (Å²) in [6, 6.07) is 4.15. The highest BCUT2D eigenvalue weighted by Crippen LogP contribution is 2.30. The molecule has 0 radical (unpaired) electrons. The van der Waals surface area contributed by atoms with Crippen molar-refractivity contribution in [3.63, 3.8) is 0 Å². The van der Waals surface area contributed by atoms with Gasteiger partial charge in [-0.25, -0.2) is 13.4 Å². The minimum atomic E-state index is -4.06. The minimum absolute atomic E-state index is 0.0784. The molecule has 0 unspecified atom stereocenters. The largest absolute Gasteiger partial charge is 0.493 e. The Labute approximate surface area is 161 Å². The van der Waals surface area contributed by atoms with Gasteiger partial charge < -0.3 is 9.47 Å². The van der Waals surface area contributed by atoms with Crippen molar-refractivity contribution in [1.29, 1.82) is 0 Å². The van der Waals surface area contributed by atoms with Gasteiger partial charge in [-0.3, -0.25) is 14.6 Å². The molecule has 2 N–H and O–H groups in total. The first kappa shape index (κ1) is 19.7. The number of anilines is 1. The number of aryl methyl sites for hydroxylation is 2. The first-order valence-electron chi connectivity index (χ1n) is 8.53. The lowest BCUT2D eigenvalue weighted by molar-refractivity contribution is 0.354. The maximum atomic E-state index is 12.8. The van der Waals surface area contributed by atoms with Crippen LogP contribution in [0.5, 0.6) is 11.5 Å². The lowest BCUT2D eigenvalue weighted by Gasteiger charge is -2.12. The number of benzene rings is 1. The summed E-state index contributed by atoms with van der Waals surface area (Å²) in [6.07, 6.45) is 1.49. The van der Waals surface area contributed by atoms with Crippen molar-refractivity contribution in [3.8, 4) is 11.5 Å². The molecule has 10 nitrogen and oxygen atoms in total. The zero-order chi connectivity index (χ0) is 20.5. The van der Waals surface area contributed by atoms with Crippen LogP contribution in [0.3, 0.4) is 0 Å². The Morgan fingerprint density at radius 2 is 1.89 bits per heavy atom. The van der Waals surface area contributed by atoms with Crippen LogP contribution < -0.4 is 19.8 Å². The second-order valence-corrected chi connectivity index (χ2v) is 7.74. The van der Waals surface area contributed by atoms with Crippen LogP contribution in [-0.2, 0) is 16.4 Å². The van der Waals surface area contributed by atoms with Gasteiger partial charge >= 0.3 is 0 Å². The quantitative estimate of drug-likeness (QED) is 0.607. The number of rotatable bonds is 7. The van der Waals surface area contributed by atoms with Crippen LogP contribution in [0.15, 0.2) is 27.9 Å². The Bertz CT molecular complexity index is 1180. The van der Waals surface area contributed by atoms with Crippen molar-refractivity contribution >= 4 is 21.5 Å². The van der Waals surface area contributed by atoms with E-state index in [0.29, 0.717) is 18.0 Å². The fourth-order valence-electron chi connectivity index (χ4n) is 2.71. The molecule has 0 saturated heterocycles. The molecule has 0 spiro atoms. The summed E-state index contributed by atoms with van der Waals surface area (Å²) in [6.45, 7) is 3.53. The van der Waals surface area contributed by atoms with E-state index in [1.165, 1.54) is 32.4 Å². The first-order chi connectivity index (χ1) is 13.3. The molecule has 3 rings (SSSR count). The fourth-order valence-corrected chi connectivity index (χ4v) is 3.84. The number of aromatic nitrogens is 4. The second-order valence-electron chi connectivity index (χ2n) is 6.06. The molecule has 2 aromatic heterocycles. The molecule has 150 valence electrons. The maximum absolute atomic E-state index is 12.8. The lowest BCUT2D eigenvalue weighted by atomic mass is 10.3. The number of aromatic amines is 1. The summed E-state index contributed by atoms with van der Waals surface area (Å²) in [5.41, 5.74) is -0.510. The Morgan fingerprint density at radius 1 is 1.18 bits per heavy atom. The SMILES string of the molecule is CCCc1nc2nc(C)c(NS(=O)(=O)c3ccc(OC)c(OC)c3)c(=O)n2[nH]1. The van der Waals surface area contributed by atoms with Crippen molar-refractivity contribution in [2.45, 2.75) is 31.6 Å². The van der Waals surface area contributed by atoms with E-state index in [0.717, 1.165) is 10.9 Å². The molecule has 0 aliphatic rings. The number of sulfonamides is 1. The molecule has 3 aromatic rings. The number of hydrogen-bond acceptors (Lipinski definition) is 7. The smallest absolute Gasteiger partial charge is 0.298 e. The second kappa shape index (κ2) is 7.50. The van der Waals surface area contributed by atoms with Gasteiger partial charge in [-0.05, 0) is 25.5 Å². The predicted molar refractivity (Wildman–Crippen MR) is 103 cm³/mol. The fraction of sp³-hybridized carbons (Fsp3) is 0.353. The molecule has 0 saturated carbocycles. The van der Waals surface area contributed by atoms with E-state index in [4.69, 9.17) is 9.47 Å². The van der Waals surface area contributed by atoms with Crippen molar-refractivity contribution in [3.05, 3.63) is 40.1 Å². The molecule has 11 heteroatoms. The van der Waals surface area contributed by atoms with Crippen molar-refractivity contribution < 1.29 is 17.9 Å². The number of fused-ring (bicyclic) bond motifs is 1. The van der Waals surface area contributed by atoms with Gasteiger partial charge in [-0.2, -0.15) is 9.50 Å². The summed E-state index contributed by atoms with van der Waals surface area (Å²) in [4.78, 5) is 21.2. The minimum Gasteiger partial charge on any atom is -0.493 e. The normalized spacial score (nSPS) is 11.6. The van der Waals surface area contributed by atoms with Gasteiger partial charge in [0.05, 0.1) is 24.8 Å². The van der Waals surface area contributed by atoms with Gasteiger partial charge in [0, 0.05) is 12.5 Å². The summed E-state index contributed by atoms with van der Waals surface area (Å²) < 4.78 is 39.3. The summed E-state index contributed by atoms with van der Waals surface area (Å²) in [5.74, 6) is 1.44. The number of hydrogen-bond donors (Lipinski definition) is 2. The zero-order valence-corrected chi connectivity index (χ0v) is 16.8. The molecule has 0 bridgehead atoms. The van der Waals surface area contributed by atoms with E-state index in [9.17, 15) is 13.2 Å². The molecule has 1 aromatic carbocycles. The van der Waals surface area contributed by atoms with Crippen LogP contribution in [0.1, 0.15) is 24.9 Å². The number of H-pyrrole nitrogens is 1. The number of nitrogens with zero attached hydrogens (tertiary/aromatic N) is 3. The van der Waals surface area contributed by atoms with E-state index in [1.54, 1.807) is 6.92 Å². The Kier molecular flexibility index (Phi) is 5.27. The summed E-state index contributed by atoms with van der Waals surface area (Å²) >= 11 is 0. The van der Waals surface area contributed by atoms with Gasteiger partial charge in [0.1, 0.15) is 11.5 Å². The third-order valence-corrected chi connectivity index (χ3v) is 5.46. The molecule has 0 fully saturated rings. The molecule has 0 aliphatic carbocycles. The van der Waals surface area contributed by atoms with Gasteiger partial charge in [-0.1, -0.05) is 6.92 Å². The van der Waals surface area contributed by atoms with Crippen LogP contribution in [0.4, 0.5) is 5.69 Å². The molecule has 0 amide bonds. The third kappa shape index (κ3) is 3.52. The van der Waals surface area contributed by atoms with Crippen LogP contribution in [0.2, 0.25) is 0 Å². The van der Waals surface area contributed by atoms with Gasteiger partial charge in [0.25, 0.3) is 21.4 Å². The highest BCUT2D eigenvalue weighted by molar-refractivity contribution is 7.92. The molecule has 0 atom stereocenters. The average molecular weight is 407 g/mol. The zero-order valence-electron chi connectivity index (χ0n) is 15.9. The number of ether oxygens (including phenoxy) is 2. The highest BCUT2D eigenvalue weighted by atomic mass is 32.2. The van der Waals surface area contributed by atoms with Crippen LogP contribution in [0.25, 0.3) is 5.78 Å². The van der Waals surface area contributed by atoms with E-state index < -0.39 is 15.6 Å². The first-order valence-corrected chi connectivity index (χ1v) is 10.0. The van der Waals surface area contributed by atoms with Gasteiger partial charge in [0.2, 0.25) is 0 Å². The number of methoxy groups -OCH3 is 2. The topological polar surface area (TPSA) is 128 Å². The lowest BCUT2D eigenvalue weighted by Crippen LogP contribution is -2.25. The summed E-state index contributed by atoms with van der Waals surface area (Å²) in [5, 5.41) is 2.85. The monoisotopic (exact) mass is 407 g/mol. The van der Waals surface area contributed by atoms with Crippen LogP contribution >= 0.6 is 0 Å². The van der Waals surface area contributed by atoms with E-state index >= 15 is 0 Å². The molecule has 28 heavy (non-hydrogen) atoms. The summed E-state index contributed by atoms with van der Waals surface area (Å²) in [7, 11) is -1.21. The Balaban J connectivity index is 2.05. The van der Waals surface area contributed by atoms with Crippen LogP contribution in [-0.4, -0.2) is 42.2 Å². The van der Waals surface area contributed by atoms with E-state index in [-0.39, 0.29) is 27.8 Å². The Morgan fingerprint density at radius 3 is 2.54 bits per heavy atom. The Hall–Kier alpha value is -3.08. The number of nitrogens with one attached hydrogen (secondary N) is 2. The van der Waals surface area contributed by atoms with E-state index in [1.807, 2.05) is 6.92 Å².